The normalized spacial score (nSPS) is 10.5. The van der Waals surface area contributed by atoms with Crippen LogP contribution in [0, 0.1) is 0 Å². The number of rotatable bonds is 6. The molecule has 0 radical (unpaired) electrons. The third-order valence-corrected chi connectivity index (χ3v) is 3.90. The lowest BCUT2D eigenvalue weighted by Crippen LogP contribution is -2.02. The van der Waals surface area contributed by atoms with Gasteiger partial charge < -0.3 is 14.4 Å². The van der Waals surface area contributed by atoms with Crippen molar-refractivity contribution in [3.8, 4) is 22.3 Å². The highest BCUT2D eigenvalue weighted by Crippen LogP contribution is 2.30. The van der Waals surface area contributed by atoms with Crippen molar-refractivity contribution in [3.05, 3.63) is 52.8 Å². The standard InChI is InChI=1S/C15H10ClN3O4S/c1-8(14(20)21)6-12-18-13(19-23-12)9-2-4-10(5-3-9)22-15-17-7-11(16)24-15/h2-5,7H,1,6H2,(H,20,21). The number of carbonyl (C=O) groups is 1. The quantitative estimate of drug-likeness (QED) is 0.664. The molecule has 0 atom stereocenters. The van der Waals surface area contributed by atoms with Gasteiger partial charge in [-0.25, -0.2) is 9.78 Å². The topological polar surface area (TPSA) is 98.3 Å². The number of hydrogen-bond donors (Lipinski definition) is 1. The predicted octanol–water partition coefficient (Wildman–Crippen LogP) is 3.82. The molecule has 122 valence electrons. The average Bonchev–Trinajstić information content (AvgIpc) is 3.17. The first kappa shape index (κ1) is 16.2. The zero-order valence-electron chi connectivity index (χ0n) is 12.1. The van der Waals surface area contributed by atoms with Crippen molar-refractivity contribution in [2.45, 2.75) is 6.42 Å². The van der Waals surface area contributed by atoms with E-state index >= 15 is 0 Å². The largest absolute Gasteiger partial charge is 0.478 e. The molecule has 0 saturated carbocycles. The van der Waals surface area contributed by atoms with Gasteiger partial charge in [-0.2, -0.15) is 4.98 Å². The molecule has 2 aromatic heterocycles. The Bertz CT molecular complexity index is 888. The molecule has 0 aliphatic carbocycles. The van der Waals surface area contributed by atoms with Crippen LogP contribution in [-0.2, 0) is 11.2 Å². The van der Waals surface area contributed by atoms with E-state index in [4.69, 9.17) is 26.0 Å². The summed E-state index contributed by atoms with van der Waals surface area (Å²) >= 11 is 7.03. The van der Waals surface area contributed by atoms with Gasteiger partial charge in [0.25, 0.3) is 5.19 Å². The van der Waals surface area contributed by atoms with E-state index in [1.807, 2.05) is 0 Å². The molecule has 0 spiro atoms. The molecule has 2 heterocycles. The third-order valence-electron chi connectivity index (χ3n) is 2.91. The Morgan fingerprint density at radius 3 is 2.75 bits per heavy atom. The van der Waals surface area contributed by atoms with Gasteiger partial charge in [0, 0.05) is 11.1 Å². The van der Waals surface area contributed by atoms with Crippen LogP contribution < -0.4 is 4.74 Å². The molecular formula is C15H10ClN3O4S. The van der Waals surface area contributed by atoms with Crippen LogP contribution in [0.4, 0.5) is 0 Å². The van der Waals surface area contributed by atoms with Gasteiger partial charge in [0.1, 0.15) is 10.1 Å². The van der Waals surface area contributed by atoms with Gasteiger partial charge in [-0.05, 0) is 24.3 Å². The summed E-state index contributed by atoms with van der Waals surface area (Å²) < 4.78 is 11.1. The van der Waals surface area contributed by atoms with E-state index in [-0.39, 0.29) is 17.9 Å². The molecular weight excluding hydrogens is 354 g/mol. The van der Waals surface area contributed by atoms with Gasteiger partial charge >= 0.3 is 5.97 Å². The molecule has 0 aliphatic heterocycles. The van der Waals surface area contributed by atoms with E-state index in [1.165, 1.54) is 17.5 Å². The first-order chi connectivity index (χ1) is 11.5. The van der Waals surface area contributed by atoms with Gasteiger partial charge in [-0.1, -0.05) is 34.7 Å². The second-order valence-corrected chi connectivity index (χ2v) is 6.28. The molecule has 0 bridgehead atoms. The summed E-state index contributed by atoms with van der Waals surface area (Å²) in [7, 11) is 0. The predicted molar refractivity (Wildman–Crippen MR) is 87.4 cm³/mol. The Kier molecular flexibility index (Phi) is 4.59. The van der Waals surface area contributed by atoms with E-state index in [2.05, 4.69) is 21.7 Å². The molecule has 0 aliphatic rings. The van der Waals surface area contributed by atoms with Crippen molar-refractivity contribution in [3.63, 3.8) is 0 Å². The van der Waals surface area contributed by atoms with Gasteiger partial charge in [0.2, 0.25) is 11.7 Å². The highest BCUT2D eigenvalue weighted by Gasteiger charge is 2.13. The molecule has 0 saturated heterocycles. The Morgan fingerprint density at radius 1 is 1.38 bits per heavy atom. The maximum Gasteiger partial charge on any atom is 0.331 e. The lowest BCUT2D eigenvalue weighted by Gasteiger charge is -2.01. The molecule has 24 heavy (non-hydrogen) atoms. The lowest BCUT2D eigenvalue weighted by molar-refractivity contribution is -0.132. The number of benzene rings is 1. The van der Waals surface area contributed by atoms with Crippen molar-refractivity contribution < 1.29 is 19.2 Å². The smallest absolute Gasteiger partial charge is 0.331 e. The van der Waals surface area contributed by atoms with Crippen LogP contribution >= 0.6 is 22.9 Å². The Hall–Kier alpha value is -2.71. The SMILES string of the molecule is C=C(Cc1nc(-c2ccc(Oc3ncc(Cl)s3)cc2)no1)C(=O)O. The average molecular weight is 364 g/mol. The number of carboxylic acids is 1. The third kappa shape index (κ3) is 3.79. The number of halogens is 1. The van der Waals surface area contributed by atoms with Crippen LogP contribution in [0.15, 0.2) is 47.1 Å². The maximum atomic E-state index is 10.8. The molecule has 1 aromatic carbocycles. The molecule has 3 aromatic rings. The minimum absolute atomic E-state index is 0.00562. The number of thiazole rings is 1. The van der Waals surface area contributed by atoms with Crippen molar-refractivity contribution in [2.75, 3.05) is 0 Å². The number of carboxylic acid groups (broad SMARTS) is 1. The fourth-order valence-electron chi connectivity index (χ4n) is 1.76. The number of aromatic nitrogens is 3. The Labute approximate surface area is 145 Å². The van der Waals surface area contributed by atoms with Crippen LogP contribution in [-0.4, -0.2) is 26.2 Å². The summed E-state index contributed by atoms with van der Waals surface area (Å²) in [6.07, 6.45) is 1.51. The van der Waals surface area contributed by atoms with Gasteiger partial charge in [-0.15, -0.1) is 0 Å². The fourth-order valence-corrected chi connectivity index (χ4v) is 2.52. The maximum absolute atomic E-state index is 10.8. The highest BCUT2D eigenvalue weighted by molar-refractivity contribution is 7.17. The van der Waals surface area contributed by atoms with Crippen LogP contribution in [0.3, 0.4) is 0 Å². The van der Waals surface area contributed by atoms with Crippen LogP contribution in [0.5, 0.6) is 10.9 Å². The van der Waals surface area contributed by atoms with Crippen LogP contribution in [0.1, 0.15) is 5.89 Å². The number of ether oxygens (including phenoxy) is 1. The van der Waals surface area contributed by atoms with E-state index in [1.54, 1.807) is 24.3 Å². The minimum atomic E-state index is -1.10. The highest BCUT2D eigenvalue weighted by atomic mass is 35.5. The molecule has 9 heteroatoms. The second-order valence-electron chi connectivity index (χ2n) is 4.65. The van der Waals surface area contributed by atoms with Gasteiger partial charge in [-0.3, -0.25) is 0 Å². The van der Waals surface area contributed by atoms with E-state index in [0.717, 1.165) is 0 Å². The van der Waals surface area contributed by atoms with Gasteiger partial charge in [0.05, 0.1) is 12.6 Å². The van der Waals surface area contributed by atoms with Crippen molar-refractivity contribution >= 4 is 28.9 Å². The first-order valence-corrected chi connectivity index (χ1v) is 7.84. The number of hydrogen-bond acceptors (Lipinski definition) is 7. The summed E-state index contributed by atoms with van der Waals surface area (Å²) in [5.74, 6) is 0.0356. The summed E-state index contributed by atoms with van der Waals surface area (Å²) in [4.78, 5) is 18.9. The number of aliphatic carboxylic acids is 1. The summed E-state index contributed by atoms with van der Waals surface area (Å²) in [5.41, 5.74) is 0.687. The zero-order valence-corrected chi connectivity index (χ0v) is 13.7. The minimum Gasteiger partial charge on any atom is -0.478 e. The van der Waals surface area contributed by atoms with E-state index < -0.39 is 5.97 Å². The summed E-state index contributed by atoms with van der Waals surface area (Å²) in [6.45, 7) is 3.43. The van der Waals surface area contributed by atoms with Crippen LogP contribution in [0.25, 0.3) is 11.4 Å². The number of nitrogens with zero attached hydrogens (tertiary/aromatic N) is 3. The molecule has 7 nitrogen and oxygen atoms in total. The van der Waals surface area contributed by atoms with Crippen LogP contribution in [0.2, 0.25) is 4.34 Å². The lowest BCUT2D eigenvalue weighted by atomic mass is 10.2. The van der Waals surface area contributed by atoms with Crippen molar-refractivity contribution in [1.82, 2.24) is 15.1 Å². The molecule has 0 amide bonds. The molecule has 3 rings (SSSR count). The molecule has 1 N–H and O–H groups in total. The molecule has 0 fully saturated rings. The van der Waals surface area contributed by atoms with E-state index in [0.29, 0.717) is 26.7 Å². The fraction of sp³-hybridized carbons (Fsp3) is 0.0667. The van der Waals surface area contributed by atoms with E-state index in [9.17, 15) is 4.79 Å². The second kappa shape index (κ2) is 6.81. The van der Waals surface area contributed by atoms with Crippen molar-refractivity contribution in [2.24, 2.45) is 0 Å². The summed E-state index contributed by atoms with van der Waals surface area (Å²) in [5, 5.41) is 13.1. The van der Waals surface area contributed by atoms with Gasteiger partial charge in [0.15, 0.2) is 0 Å². The summed E-state index contributed by atoms with van der Waals surface area (Å²) in [6, 6.07) is 6.98. The molecule has 0 unspecified atom stereocenters. The van der Waals surface area contributed by atoms with Crippen molar-refractivity contribution in [1.29, 1.82) is 0 Å². The monoisotopic (exact) mass is 363 g/mol. The Balaban J connectivity index is 1.70. The zero-order chi connectivity index (χ0) is 17.1. The first-order valence-electron chi connectivity index (χ1n) is 6.64. The Morgan fingerprint density at radius 2 is 2.12 bits per heavy atom.